The molecule has 126 valence electrons. The van der Waals surface area contributed by atoms with E-state index < -0.39 is 0 Å². The smallest absolute Gasteiger partial charge is 0.258 e. The quantitative estimate of drug-likeness (QED) is 0.897. The lowest BCUT2D eigenvalue weighted by molar-refractivity contribution is -0.123. The third-order valence-electron chi connectivity index (χ3n) is 3.85. The molecule has 0 spiro atoms. The molecule has 1 aliphatic heterocycles. The molecule has 4 nitrogen and oxygen atoms in total. The summed E-state index contributed by atoms with van der Waals surface area (Å²) in [5, 5.41) is 3.44. The van der Waals surface area contributed by atoms with Crippen molar-refractivity contribution in [2.75, 3.05) is 6.61 Å². The van der Waals surface area contributed by atoms with E-state index in [1.54, 1.807) is 6.07 Å². The summed E-state index contributed by atoms with van der Waals surface area (Å²) in [5.74, 6) is 1.14. The Labute approximate surface area is 146 Å². The normalized spacial score (nSPS) is 14.6. The number of nitrogens with one attached hydrogen (secondary N) is 1. The number of carbonyl (C=O) groups excluding carboxylic acids is 1. The van der Waals surface area contributed by atoms with E-state index in [9.17, 15) is 4.79 Å². The molecule has 3 rings (SSSR count). The molecule has 1 aliphatic rings. The van der Waals surface area contributed by atoms with Gasteiger partial charge in [-0.2, -0.15) is 0 Å². The van der Waals surface area contributed by atoms with Crippen molar-refractivity contribution in [2.45, 2.75) is 32.4 Å². The third-order valence-corrected chi connectivity index (χ3v) is 4.22. The maximum atomic E-state index is 12.0. The van der Waals surface area contributed by atoms with Gasteiger partial charge in [0.1, 0.15) is 5.60 Å². The van der Waals surface area contributed by atoms with Crippen molar-refractivity contribution in [3.8, 4) is 11.5 Å². The Hall–Kier alpha value is -2.20. The molecule has 0 atom stereocenters. The second kappa shape index (κ2) is 6.73. The van der Waals surface area contributed by atoms with E-state index in [2.05, 4.69) is 5.32 Å². The number of hydrogen-bond donors (Lipinski definition) is 1. The maximum absolute atomic E-state index is 12.0. The molecule has 0 fully saturated rings. The summed E-state index contributed by atoms with van der Waals surface area (Å²) < 4.78 is 11.6. The minimum absolute atomic E-state index is 0.0648. The largest absolute Gasteiger partial charge is 0.483 e. The predicted molar refractivity (Wildman–Crippen MR) is 93.6 cm³/mol. The van der Waals surface area contributed by atoms with Crippen molar-refractivity contribution in [3.63, 3.8) is 0 Å². The summed E-state index contributed by atoms with van der Waals surface area (Å²) in [5.41, 5.74) is 1.74. The fourth-order valence-electron chi connectivity index (χ4n) is 2.73. The fraction of sp³-hybridized carbons (Fsp3) is 0.316. The van der Waals surface area contributed by atoms with Crippen molar-refractivity contribution in [2.24, 2.45) is 0 Å². The Morgan fingerprint density at radius 2 is 2.04 bits per heavy atom. The van der Waals surface area contributed by atoms with Crippen LogP contribution in [-0.4, -0.2) is 18.1 Å². The number of ether oxygens (including phenoxy) is 2. The van der Waals surface area contributed by atoms with Crippen LogP contribution in [0.2, 0.25) is 5.02 Å². The van der Waals surface area contributed by atoms with Crippen molar-refractivity contribution >= 4 is 17.5 Å². The lowest BCUT2D eigenvalue weighted by Gasteiger charge is -2.18. The standard InChI is InChI=1S/C19H20ClNO3/c1-19(2)10-13-7-5-9-16(18(13)24-19)23-12-17(22)21-11-14-6-3-4-8-15(14)20/h3-9H,10-12H2,1-2H3,(H,21,22). The van der Waals surface area contributed by atoms with Gasteiger partial charge in [0.15, 0.2) is 18.1 Å². The Bertz CT molecular complexity index is 758. The molecule has 0 radical (unpaired) electrons. The van der Waals surface area contributed by atoms with Crippen LogP contribution < -0.4 is 14.8 Å². The van der Waals surface area contributed by atoms with Gasteiger partial charge in [-0.1, -0.05) is 41.9 Å². The highest BCUT2D eigenvalue weighted by molar-refractivity contribution is 6.31. The topological polar surface area (TPSA) is 47.6 Å². The van der Waals surface area contributed by atoms with Gasteiger partial charge >= 0.3 is 0 Å². The average Bonchev–Trinajstić information content (AvgIpc) is 2.86. The van der Waals surface area contributed by atoms with Crippen molar-refractivity contribution in [3.05, 3.63) is 58.6 Å². The lowest BCUT2D eigenvalue weighted by Crippen LogP contribution is -2.28. The van der Waals surface area contributed by atoms with Crippen molar-refractivity contribution in [1.82, 2.24) is 5.32 Å². The zero-order chi connectivity index (χ0) is 17.2. The van der Waals surface area contributed by atoms with E-state index in [1.807, 2.05) is 50.2 Å². The number of fused-ring (bicyclic) bond motifs is 1. The van der Waals surface area contributed by atoms with Crippen LogP contribution in [0.25, 0.3) is 0 Å². The van der Waals surface area contributed by atoms with Gasteiger partial charge in [0.05, 0.1) is 0 Å². The number of para-hydroxylation sites is 1. The SMILES string of the molecule is CC1(C)Cc2cccc(OCC(=O)NCc3ccccc3Cl)c2O1. The molecule has 0 bridgehead atoms. The van der Waals surface area contributed by atoms with Crippen LogP contribution in [0.4, 0.5) is 0 Å². The highest BCUT2D eigenvalue weighted by atomic mass is 35.5. The summed E-state index contributed by atoms with van der Waals surface area (Å²) in [6.45, 7) is 4.38. The first kappa shape index (κ1) is 16.7. The molecule has 1 amide bonds. The number of carbonyl (C=O) groups is 1. The number of rotatable bonds is 5. The van der Waals surface area contributed by atoms with Gasteiger partial charge in [0, 0.05) is 23.6 Å². The predicted octanol–water partition coefficient (Wildman–Crippen LogP) is 3.75. The van der Waals surface area contributed by atoms with Crippen molar-refractivity contribution < 1.29 is 14.3 Å². The zero-order valence-corrected chi connectivity index (χ0v) is 14.5. The second-order valence-electron chi connectivity index (χ2n) is 6.44. The molecule has 5 heteroatoms. The van der Waals surface area contributed by atoms with Gasteiger partial charge in [-0.15, -0.1) is 0 Å². The van der Waals surface area contributed by atoms with Gasteiger partial charge in [0.25, 0.3) is 5.91 Å². The van der Waals surface area contributed by atoms with Gasteiger partial charge in [-0.3, -0.25) is 4.79 Å². The van der Waals surface area contributed by atoms with E-state index in [0.717, 1.165) is 23.3 Å². The maximum Gasteiger partial charge on any atom is 0.258 e. The van der Waals surface area contributed by atoms with E-state index in [0.29, 0.717) is 17.3 Å². The third kappa shape index (κ3) is 3.82. The Balaban J connectivity index is 1.56. The molecule has 2 aromatic rings. The van der Waals surface area contributed by atoms with E-state index in [-0.39, 0.29) is 18.1 Å². The molecule has 1 heterocycles. The molecular formula is C19H20ClNO3. The molecule has 0 unspecified atom stereocenters. The van der Waals surface area contributed by atoms with Gasteiger partial charge in [-0.05, 0) is 31.5 Å². The fourth-order valence-corrected chi connectivity index (χ4v) is 2.93. The first-order valence-electron chi connectivity index (χ1n) is 7.88. The summed E-state index contributed by atoms with van der Waals surface area (Å²) in [7, 11) is 0. The first-order valence-corrected chi connectivity index (χ1v) is 8.26. The Kier molecular flexibility index (Phi) is 4.67. The number of benzene rings is 2. The average molecular weight is 346 g/mol. The molecule has 0 saturated heterocycles. The Morgan fingerprint density at radius 3 is 2.83 bits per heavy atom. The lowest BCUT2D eigenvalue weighted by atomic mass is 10.0. The summed E-state index contributed by atoms with van der Waals surface area (Å²) in [6, 6.07) is 13.2. The summed E-state index contributed by atoms with van der Waals surface area (Å²) >= 11 is 6.07. The van der Waals surface area contributed by atoms with Crippen LogP contribution in [0.3, 0.4) is 0 Å². The van der Waals surface area contributed by atoms with Crippen LogP contribution in [-0.2, 0) is 17.8 Å². The van der Waals surface area contributed by atoms with Crippen LogP contribution in [0.15, 0.2) is 42.5 Å². The number of amides is 1. The highest BCUT2D eigenvalue weighted by Gasteiger charge is 2.32. The molecule has 1 N–H and O–H groups in total. The van der Waals surface area contributed by atoms with Crippen LogP contribution in [0.1, 0.15) is 25.0 Å². The molecule has 2 aromatic carbocycles. The van der Waals surface area contributed by atoms with Crippen LogP contribution in [0.5, 0.6) is 11.5 Å². The molecule has 0 aromatic heterocycles. The number of halogens is 1. The first-order chi connectivity index (χ1) is 11.4. The van der Waals surface area contributed by atoms with Gasteiger partial charge < -0.3 is 14.8 Å². The summed E-state index contributed by atoms with van der Waals surface area (Å²) in [6.07, 6.45) is 0.832. The molecule has 0 saturated carbocycles. The van der Waals surface area contributed by atoms with E-state index in [1.165, 1.54) is 0 Å². The number of hydrogen-bond acceptors (Lipinski definition) is 3. The minimum atomic E-state index is -0.242. The molecule has 0 aliphatic carbocycles. The van der Waals surface area contributed by atoms with Crippen LogP contribution >= 0.6 is 11.6 Å². The van der Waals surface area contributed by atoms with Crippen LogP contribution in [0, 0.1) is 0 Å². The van der Waals surface area contributed by atoms with E-state index >= 15 is 0 Å². The summed E-state index contributed by atoms with van der Waals surface area (Å²) in [4.78, 5) is 12.0. The second-order valence-corrected chi connectivity index (χ2v) is 6.85. The van der Waals surface area contributed by atoms with Gasteiger partial charge in [-0.25, -0.2) is 0 Å². The molecular weight excluding hydrogens is 326 g/mol. The zero-order valence-electron chi connectivity index (χ0n) is 13.8. The molecule has 24 heavy (non-hydrogen) atoms. The monoisotopic (exact) mass is 345 g/mol. The van der Waals surface area contributed by atoms with E-state index in [4.69, 9.17) is 21.1 Å². The van der Waals surface area contributed by atoms with Gasteiger partial charge in [0.2, 0.25) is 0 Å². The Morgan fingerprint density at radius 1 is 1.25 bits per heavy atom. The highest BCUT2D eigenvalue weighted by Crippen LogP contribution is 2.41. The minimum Gasteiger partial charge on any atom is -0.483 e. The van der Waals surface area contributed by atoms with Crippen molar-refractivity contribution in [1.29, 1.82) is 0 Å².